The molecule has 0 spiro atoms. The first kappa shape index (κ1) is 22.1. The summed E-state index contributed by atoms with van der Waals surface area (Å²) >= 11 is 1.34. The molecule has 1 aromatic heterocycles. The Morgan fingerprint density at radius 2 is 1.81 bits per heavy atom. The molecule has 32 heavy (non-hydrogen) atoms. The van der Waals surface area contributed by atoms with E-state index in [-0.39, 0.29) is 23.9 Å². The van der Waals surface area contributed by atoms with E-state index in [1.165, 1.54) is 29.5 Å². The van der Waals surface area contributed by atoms with Crippen LogP contribution >= 0.6 is 11.3 Å². The number of hydrogen-bond donors (Lipinski definition) is 2. The Morgan fingerprint density at radius 3 is 2.59 bits per heavy atom. The van der Waals surface area contributed by atoms with Gasteiger partial charge in [-0.1, -0.05) is 30.3 Å². The van der Waals surface area contributed by atoms with Gasteiger partial charge in [0.25, 0.3) is 5.91 Å². The van der Waals surface area contributed by atoms with Crippen molar-refractivity contribution in [2.75, 3.05) is 43.5 Å². The van der Waals surface area contributed by atoms with Crippen molar-refractivity contribution < 1.29 is 18.7 Å². The molecule has 1 aliphatic rings. The number of halogens is 1. The van der Waals surface area contributed by atoms with Gasteiger partial charge in [-0.05, 0) is 35.2 Å². The molecule has 1 aliphatic heterocycles. The number of carbonyl (C=O) groups excluding carboxylic acids is 2. The molecule has 2 heterocycles. The summed E-state index contributed by atoms with van der Waals surface area (Å²) in [6, 6.07) is 15.7. The van der Waals surface area contributed by atoms with E-state index in [1.54, 1.807) is 0 Å². The molecule has 2 aromatic carbocycles. The number of carbonyl (C=O) groups is 2. The third-order valence-corrected chi connectivity index (χ3v) is 6.13. The minimum Gasteiger partial charge on any atom is -0.379 e. The van der Waals surface area contributed by atoms with Gasteiger partial charge in [-0.25, -0.2) is 4.39 Å². The lowest BCUT2D eigenvalue weighted by atomic mass is 10.1. The van der Waals surface area contributed by atoms with Gasteiger partial charge < -0.3 is 15.4 Å². The molecular weight excluding hydrogens is 429 g/mol. The maximum absolute atomic E-state index is 14.3. The van der Waals surface area contributed by atoms with Crippen molar-refractivity contribution in [3.05, 3.63) is 70.7 Å². The summed E-state index contributed by atoms with van der Waals surface area (Å²) in [4.78, 5) is 27.9. The Morgan fingerprint density at radius 1 is 1.03 bits per heavy atom. The van der Waals surface area contributed by atoms with E-state index in [0.29, 0.717) is 30.3 Å². The molecule has 166 valence electrons. The van der Waals surface area contributed by atoms with Crippen LogP contribution in [-0.4, -0.2) is 49.6 Å². The maximum atomic E-state index is 14.3. The van der Waals surface area contributed by atoms with Gasteiger partial charge >= 0.3 is 0 Å². The highest BCUT2D eigenvalue weighted by atomic mass is 32.1. The van der Waals surface area contributed by atoms with Gasteiger partial charge in [0.15, 0.2) is 0 Å². The zero-order chi connectivity index (χ0) is 22.3. The van der Waals surface area contributed by atoms with Crippen LogP contribution in [0.15, 0.2) is 60.0 Å². The van der Waals surface area contributed by atoms with Gasteiger partial charge in [0, 0.05) is 37.3 Å². The first-order valence-corrected chi connectivity index (χ1v) is 11.3. The summed E-state index contributed by atoms with van der Waals surface area (Å²) in [5, 5.41) is 7.29. The van der Waals surface area contributed by atoms with E-state index in [9.17, 15) is 14.0 Å². The number of amides is 2. The second-order valence-corrected chi connectivity index (χ2v) is 8.35. The molecule has 0 aliphatic carbocycles. The van der Waals surface area contributed by atoms with E-state index < -0.39 is 5.82 Å². The van der Waals surface area contributed by atoms with Gasteiger partial charge in [0.05, 0.1) is 23.8 Å². The quantitative estimate of drug-likeness (QED) is 0.554. The summed E-state index contributed by atoms with van der Waals surface area (Å²) in [6.07, 6.45) is 0.256. The van der Waals surface area contributed by atoms with E-state index in [2.05, 4.69) is 15.5 Å². The molecule has 0 bridgehead atoms. The summed E-state index contributed by atoms with van der Waals surface area (Å²) in [5.41, 5.74) is 2.25. The molecule has 0 radical (unpaired) electrons. The smallest absolute Gasteiger partial charge is 0.266 e. The summed E-state index contributed by atoms with van der Waals surface area (Å²) in [6.45, 7) is 3.49. The number of nitrogens with one attached hydrogen (secondary N) is 2. The first-order valence-electron chi connectivity index (χ1n) is 10.4. The monoisotopic (exact) mass is 453 g/mol. The molecular formula is C24H24FN3O3S. The van der Waals surface area contributed by atoms with Crippen LogP contribution in [-0.2, 0) is 9.53 Å². The van der Waals surface area contributed by atoms with Crippen LogP contribution in [0.5, 0.6) is 0 Å². The second-order valence-electron chi connectivity index (χ2n) is 7.43. The van der Waals surface area contributed by atoms with Gasteiger partial charge in [-0.2, -0.15) is 0 Å². The number of nitrogens with zero attached hydrogens (tertiary/aromatic N) is 1. The molecule has 8 heteroatoms. The van der Waals surface area contributed by atoms with Gasteiger partial charge in [0.1, 0.15) is 5.82 Å². The fourth-order valence-corrected chi connectivity index (χ4v) is 4.33. The molecule has 1 saturated heterocycles. The van der Waals surface area contributed by atoms with Crippen molar-refractivity contribution in [1.29, 1.82) is 0 Å². The third-order valence-electron chi connectivity index (χ3n) is 5.21. The SMILES string of the molecule is O=C(CCN1CCOCC1)Nc1cc(NC(=O)c2sccc2-c2ccccc2)ccc1F. The van der Waals surface area contributed by atoms with Crippen molar-refractivity contribution in [2.24, 2.45) is 0 Å². The van der Waals surface area contributed by atoms with Gasteiger partial charge in [-0.3, -0.25) is 14.5 Å². The van der Waals surface area contributed by atoms with Crippen molar-refractivity contribution in [3.8, 4) is 11.1 Å². The fourth-order valence-electron chi connectivity index (χ4n) is 3.51. The summed E-state index contributed by atoms with van der Waals surface area (Å²) in [7, 11) is 0. The number of anilines is 2. The van der Waals surface area contributed by atoms with Crippen LogP contribution in [0.1, 0.15) is 16.1 Å². The Bertz CT molecular complexity index is 1080. The Labute approximate surface area is 190 Å². The van der Waals surface area contributed by atoms with Crippen molar-refractivity contribution in [2.45, 2.75) is 6.42 Å². The standard InChI is InChI=1S/C24H24FN3O3S/c25-20-7-6-18(16-21(20)27-22(29)8-10-28-11-13-31-14-12-28)26-24(30)23-19(9-15-32-23)17-4-2-1-3-5-17/h1-7,9,15-16H,8,10-14H2,(H,26,30)(H,27,29). The topological polar surface area (TPSA) is 70.7 Å². The maximum Gasteiger partial charge on any atom is 0.266 e. The molecule has 6 nitrogen and oxygen atoms in total. The lowest BCUT2D eigenvalue weighted by Crippen LogP contribution is -2.38. The highest BCUT2D eigenvalue weighted by Crippen LogP contribution is 2.29. The molecule has 0 atom stereocenters. The molecule has 0 unspecified atom stereocenters. The normalized spacial score (nSPS) is 14.2. The van der Waals surface area contributed by atoms with E-state index in [4.69, 9.17) is 4.74 Å². The highest BCUT2D eigenvalue weighted by Gasteiger charge is 2.17. The van der Waals surface area contributed by atoms with Crippen LogP contribution < -0.4 is 10.6 Å². The molecule has 0 saturated carbocycles. The lowest BCUT2D eigenvalue weighted by Gasteiger charge is -2.26. The number of ether oxygens (including phenoxy) is 1. The Kier molecular flexibility index (Phi) is 7.26. The molecule has 2 N–H and O–H groups in total. The van der Waals surface area contributed by atoms with Gasteiger partial charge in [-0.15, -0.1) is 11.3 Å². The number of rotatable bonds is 7. The number of hydrogen-bond acceptors (Lipinski definition) is 5. The number of thiophene rings is 1. The predicted octanol–water partition coefficient (Wildman–Crippen LogP) is 4.47. The molecule has 4 rings (SSSR count). The van der Waals surface area contributed by atoms with Crippen LogP contribution in [0.3, 0.4) is 0 Å². The molecule has 2 amide bonds. The molecule has 1 fully saturated rings. The zero-order valence-corrected chi connectivity index (χ0v) is 18.3. The summed E-state index contributed by atoms with van der Waals surface area (Å²) in [5.74, 6) is -1.11. The average Bonchev–Trinajstić information content (AvgIpc) is 3.31. The first-order chi connectivity index (χ1) is 15.6. The van der Waals surface area contributed by atoms with Gasteiger partial charge in [0.2, 0.25) is 5.91 Å². The minimum absolute atomic E-state index is 0.0456. The number of benzene rings is 2. The van der Waals surface area contributed by atoms with Crippen LogP contribution in [0.25, 0.3) is 11.1 Å². The van der Waals surface area contributed by atoms with Crippen molar-refractivity contribution >= 4 is 34.5 Å². The van der Waals surface area contributed by atoms with E-state index in [1.807, 2.05) is 41.8 Å². The second kappa shape index (κ2) is 10.5. The van der Waals surface area contributed by atoms with Crippen molar-refractivity contribution in [1.82, 2.24) is 4.90 Å². The van der Waals surface area contributed by atoms with Crippen LogP contribution in [0.4, 0.5) is 15.8 Å². The van der Waals surface area contributed by atoms with Crippen LogP contribution in [0.2, 0.25) is 0 Å². The Hall–Kier alpha value is -3.07. The zero-order valence-electron chi connectivity index (χ0n) is 17.5. The predicted molar refractivity (Wildman–Crippen MR) is 125 cm³/mol. The van der Waals surface area contributed by atoms with E-state index >= 15 is 0 Å². The largest absolute Gasteiger partial charge is 0.379 e. The Balaban J connectivity index is 1.40. The van der Waals surface area contributed by atoms with Crippen LogP contribution in [0, 0.1) is 5.82 Å². The average molecular weight is 454 g/mol. The minimum atomic E-state index is -0.552. The fraction of sp³-hybridized carbons (Fsp3) is 0.250. The van der Waals surface area contributed by atoms with E-state index in [0.717, 1.165) is 24.2 Å². The molecule has 3 aromatic rings. The third kappa shape index (κ3) is 5.59. The number of morpholine rings is 1. The lowest BCUT2D eigenvalue weighted by molar-refractivity contribution is -0.116. The summed E-state index contributed by atoms with van der Waals surface area (Å²) < 4.78 is 19.6. The van der Waals surface area contributed by atoms with Crippen molar-refractivity contribution in [3.63, 3.8) is 0 Å². The highest BCUT2D eigenvalue weighted by molar-refractivity contribution is 7.12.